The third-order valence-electron chi connectivity index (χ3n) is 4.02. The molecule has 1 aromatic carbocycles. The second kappa shape index (κ2) is 10.5. The van der Waals surface area contributed by atoms with E-state index in [2.05, 4.69) is 15.2 Å². The monoisotopic (exact) mass is 449 g/mol. The van der Waals surface area contributed by atoms with Gasteiger partial charge in [0.25, 0.3) is 0 Å². The number of nitrogens with one attached hydrogen (secondary N) is 1. The van der Waals surface area contributed by atoms with Crippen LogP contribution in [-0.2, 0) is 16.1 Å². The highest BCUT2D eigenvalue weighted by atomic mass is 127. The molecular weight excluding hydrogens is 424 g/mol. The number of esters is 1. The summed E-state index contributed by atoms with van der Waals surface area (Å²) >= 11 is 0. The van der Waals surface area contributed by atoms with Gasteiger partial charge in [0.2, 0.25) is 0 Å². The van der Waals surface area contributed by atoms with Gasteiger partial charge in [-0.1, -0.05) is 18.2 Å². The van der Waals surface area contributed by atoms with Crippen molar-refractivity contribution in [3.05, 3.63) is 35.6 Å². The number of guanidine groups is 1. The predicted octanol–water partition coefficient (Wildman–Crippen LogP) is 2.79. The SMILES string of the molecule is CCOC(=O)C1CCN(C(=NC)NCc2ccccc2F)CC1.I. The van der Waals surface area contributed by atoms with Gasteiger partial charge < -0.3 is 15.0 Å². The average molecular weight is 449 g/mol. The van der Waals surface area contributed by atoms with E-state index < -0.39 is 0 Å². The van der Waals surface area contributed by atoms with Crippen LogP contribution in [0, 0.1) is 11.7 Å². The van der Waals surface area contributed by atoms with Crippen LogP contribution >= 0.6 is 24.0 Å². The van der Waals surface area contributed by atoms with Gasteiger partial charge in [-0.3, -0.25) is 9.79 Å². The number of carbonyl (C=O) groups excluding carboxylic acids is 1. The molecule has 0 bridgehead atoms. The minimum Gasteiger partial charge on any atom is -0.466 e. The van der Waals surface area contributed by atoms with Crippen LogP contribution in [0.3, 0.4) is 0 Å². The summed E-state index contributed by atoms with van der Waals surface area (Å²) in [4.78, 5) is 18.1. The van der Waals surface area contributed by atoms with Gasteiger partial charge in [-0.15, -0.1) is 24.0 Å². The largest absolute Gasteiger partial charge is 0.466 e. The van der Waals surface area contributed by atoms with Gasteiger partial charge in [0.05, 0.1) is 12.5 Å². The van der Waals surface area contributed by atoms with E-state index >= 15 is 0 Å². The van der Waals surface area contributed by atoms with Crippen molar-refractivity contribution in [1.82, 2.24) is 10.2 Å². The third kappa shape index (κ3) is 5.61. The minimum atomic E-state index is -0.225. The highest BCUT2D eigenvalue weighted by molar-refractivity contribution is 14.0. The molecule has 1 aliphatic rings. The zero-order valence-corrected chi connectivity index (χ0v) is 16.5. The molecule has 0 aromatic heterocycles. The minimum absolute atomic E-state index is 0. The number of halogens is 2. The van der Waals surface area contributed by atoms with Gasteiger partial charge in [0.1, 0.15) is 5.82 Å². The molecule has 0 aliphatic carbocycles. The Morgan fingerprint density at radius 1 is 1.38 bits per heavy atom. The lowest BCUT2D eigenvalue weighted by Gasteiger charge is -2.33. The molecule has 1 heterocycles. The fourth-order valence-corrected chi connectivity index (χ4v) is 2.74. The van der Waals surface area contributed by atoms with Crippen LogP contribution in [0.2, 0.25) is 0 Å². The summed E-state index contributed by atoms with van der Waals surface area (Å²) in [5.74, 6) is 0.365. The zero-order chi connectivity index (χ0) is 16.7. The van der Waals surface area contributed by atoms with Gasteiger partial charge in [-0.2, -0.15) is 0 Å². The van der Waals surface area contributed by atoms with Crippen molar-refractivity contribution in [3.8, 4) is 0 Å². The fraction of sp³-hybridized carbons (Fsp3) is 0.529. The zero-order valence-electron chi connectivity index (χ0n) is 14.1. The number of ether oxygens (including phenoxy) is 1. The van der Waals surface area contributed by atoms with E-state index in [4.69, 9.17) is 4.74 Å². The van der Waals surface area contributed by atoms with Gasteiger partial charge in [0.15, 0.2) is 5.96 Å². The molecule has 0 amide bonds. The molecule has 1 N–H and O–H groups in total. The van der Waals surface area contributed by atoms with E-state index in [0.717, 1.165) is 31.9 Å². The molecule has 1 fully saturated rings. The van der Waals surface area contributed by atoms with Crippen LogP contribution in [0.4, 0.5) is 4.39 Å². The van der Waals surface area contributed by atoms with Crippen LogP contribution in [0.15, 0.2) is 29.3 Å². The average Bonchev–Trinajstić information content (AvgIpc) is 2.57. The van der Waals surface area contributed by atoms with Crippen molar-refractivity contribution in [1.29, 1.82) is 0 Å². The Hall–Kier alpha value is -1.38. The molecule has 0 atom stereocenters. The molecule has 134 valence electrons. The number of hydrogen-bond donors (Lipinski definition) is 1. The summed E-state index contributed by atoms with van der Waals surface area (Å²) in [7, 11) is 1.71. The Morgan fingerprint density at radius 3 is 2.62 bits per heavy atom. The van der Waals surface area contributed by atoms with Crippen LogP contribution in [0.5, 0.6) is 0 Å². The van der Waals surface area contributed by atoms with Crippen LogP contribution in [-0.4, -0.2) is 43.6 Å². The quantitative estimate of drug-likeness (QED) is 0.333. The molecule has 1 aliphatic heterocycles. The maximum Gasteiger partial charge on any atom is 0.309 e. The number of rotatable bonds is 4. The highest BCUT2D eigenvalue weighted by Gasteiger charge is 2.27. The Morgan fingerprint density at radius 2 is 2.04 bits per heavy atom. The Kier molecular flexibility index (Phi) is 9.02. The number of carbonyl (C=O) groups is 1. The van der Waals surface area contributed by atoms with Crippen molar-refractivity contribution >= 4 is 35.9 Å². The fourth-order valence-electron chi connectivity index (χ4n) is 2.74. The van der Waals surface area contributed by atoms with Crippen LogP contribution in [0.1, 0.15) is 25.3 Å². The second-order valence-electron chi connectivity index (χ2n) is 5.51. The van der Waals surface area contributed by atoms with Crippen molar-refractivity contribution in [2.24, 2.45) is 10.9 Å². The van der Waals surface area contributed by atoms with Gasteiger partial charge in [0, 0.05) is 32.2 Å². The Balaban J connectivity index is 0.00000288. The third-order valence-corrected chi connectivity index (χ3v) is 4.02. The highest BCUT2D eigenvalue weighted by Crippen LogP contribution is 2.19. The molecule has 0 radical (unpaired) electrons. The standard InChI is InChI=1S/C17H24FN3O2.HI/c1-3-23-16(22)13-8-10-21(11-9-13)17(19-2)20-12-14-6-4-5-7-15(14)18;/h4-7,13H,3,8-12H2,1-2H3,(H,19,20);1H. The van der Waals surface area contributed by atoms with Gasteiger partial charge in [-0.05, 0) is 25.8 Å². The first-order chi connectivity index (χ1) is 11.2. The number of aliphatic imine (C=N–C) groups is 1. The smallest absolute Gasteiger partial charge is 0.309 e. The summed E-state index contributed by atoms with van der Waals surface area (Å²) < 4.78 is 18.7. The number of hydrogen-bond acceptors (Lipinski definition) is 3. The second-order valence-corrected chi connectivity index (χ2v) is 5.51. The van der Waals surface area contributed by atoms with Crippen molar-refractivity contribution in [2.45, 2.75) is 26.3 Å². The summed E-state index contributed by atoms with van der Waals surface area (Å²) in [5.41, 5.74) is 0.607. The molecule has 2 rings (SSSR count). The molecular formula is C17H25FIN3O2. The van der Waals surface area contributed by atoms with E-state index in [9.17, 15) is 9.18 Å². The summed E-state index contributed by atoms with van der Waals surface area (Å²) in [6, 6.07) is 6.69. The van der Waals surface area contributed by atoms with Crippen molar-refractivity contribution in [2.75, 3.05) is 26.7 Å². The molecule has 0 spiro atoms. The lowest BCUT2D eigenvalue weighted by atomic mass is 9.97. The molecule has 0 unspecified atom stereocenters. The summed E-state index contributed by atoms with van der Waals surface area (Å²) in [6.45, 7) is 4.10. The Labute approximate surface area is 159 Å². The first-order valence-corrected chi connectivity index (χ1v) is 8.01. The molecule has 7 heteroatoms. The van der Waals surface area contributed by atoms with E-state index in [0.29, 0.717) is 18.7 Å². The number of likely N-dealkylation sites (tertiary alicyclic amines) is 1. The predicted molar refractivity (Wildman–Crippen MR) is 103 cm³/mol. The Bertz CT molecular complexity index is 561. The number of piperidine rings is 1. The van der Waals surface area contributed by atoms with E-state index in [-0.39, 0.29) is 41.7 Å². The maximum atomic E-state index is 13.7. The van der Waals surface area contributed by atoms with Crippen molar-refractivity contribution < 1.29 is 13.9 Å². The molecule has 5 nitrogen and oxygen atoms in total. The maximum absolute atomic E-state index is 13.7. The normalized spacial score (nSPS) is 15.6. The van der Waals surface area contributed by atoms with Crippen molar-refractivity contribution in [3.63, 3.8) is 0 Å². The van der Waals surface area contributed by atoms with Crippen LogP contribution in [0.25, 0.3) is 0 Å². The van der Waals surface area contributed by atoms with Gasteiger partial charge in [-0.25, -0.2) is 4.39 Å². The first kappa shape index (κ1) is 20.7. The van der Waals surface area contributed by atoms with E-state index in [1.807, 2.05) is 13.0 Å². The topological polar surface area (TPSA) is 53.9 Å². The summed E-state index contributed by atoms with van der Waals surface area (Å²) in [5, 5.41) is 3.19. The lowest BCUT2D eigenvalue weighted by molar-refractivity contribution is -0.149. The summed E-state index contributed by atoms with van der Waals surface area (Å²) in [6.07, 6.45) is 1.50. The van der Waals surface area contributed by atoms with Crippen LogP contribution < -0.4 is 5.32 Å². The first-order valence-electron chi connectivity index (χ1n) is 8.01. The molecule has 1 aromatic rings. The van der Waals surface area contributed by atoms with E-state index in [1.165, 1.54) is 6.07 Å². The van der Waals surface area contributed by atoms with E-state index in [1.54, 1.807) is 19.2 Å². The number of nitrogens with zero attached hydrogens (tertiary/aromatic N) is 2. The molecule has 1 saturated heterocycles. The molecule has 24 heavy (non-hydrogen) atoms. The van der Waals surface area contributed by atoms with Gasteiger partial charge >= 0.3 is 5.97 Å². The molecule has 0 saturated carbocycles. The lowest BCUT2D eigenvalue weighted by Crippen LogP contribution is -2.46. The number of benzene rings is 1.